The summed E-state index contributed by atoms with van der Waals surface area (Å²) in [7, 11) is 0. The van der Waals surface area contributed by atoms with Gasteiger partial charge in [-0.15, -0.1) is 0 Å². The van der Waals surface area contributed by atoms with Crippen LogP contribution in [0, 0.1) is 17.2 Å². The zero-order valence-corrected chi connectivity index (χ0v) is 13.3. The van der Waals surface area contributed by atoms with Crippen LogP contribution in [0.5, 0.6) is 0 Å². The van der Waals surface area contributed by atoms with Crippen LogP contribution in [-0.2, 0) is 11.3 Å². The third-order valence-electron chi connectivity index (χ3n) is 3.86. The Morgan fingerprint density at radius 1 is 1.24 bits per heavy atom. The lowest BCUT2D eigenvalue weighted by Crippen LogP contribution is -2.27. The molecule has 1 amide bonds. The Bertz CT molecular complexity index is 437. The van der Waals surface area contributed by atoms with Crippen LogP contribution in [0.4, 0.5) is 4.39 Å². The van der Waals surface area contributed by atoms with Crippen LogP contribution in [0.15, 0.2) is 24.3 Å². The molecule has 0 bridgehead atoms. The fourth-order valence-corrected chi connectivity index (χ4v) is 2.41. The Morgan fingerprint density at radius 3 is 2.38 bits per heavy atom. The maximum atomic E-state index is 12.8. The quantitative estimate of drug-likeness (QED) is 0.811. The molecule has 0 heterocycles. The van der Waals surface area contributed by atoms with Gasteiger partial charge in [0.2, 0.25) is 5.91 Å². The average molecular weight is 294 g/mol. The summed E-state index contributed by atoms with van der Waals surface area (Å²) >= 11 is 0. The molecule has 21 heavy (non-hydrogen) atoms. The van der Waals surface area contributed by atoms with Crippen molar-refractivity contribution in [3.05, 3.63) is 35.6 Å². The van der Waals surface area contributed by atoms with E-state index in [9.17, 15) is 9.18 Å². The topological polar surface area (TPSA) is 55.1 Å². The Morgan fingerprint density at radius 2 is 1.86 bits per heavy atom. The van der Waals surface area contributed by atoms with E-state index in [2.05, 4.69) is 26.1 Å². The summed E-state index contributed by atoms with van der Waals surface area (Å²) in [5.74, 6) is 0.213. The minimum Gasteiger partial charge on any atom is -0.352 e. The third kappa shape index (κ3) is 6.71. The molecule has 1 aromatic carbocycles. The van der Waals surface area contributed by atoms with Gasteiger partial charge in [0.1, 0.15) is 5.82 Å². The molecule has 118 valence electrons. The third-order valence-corrected chi connectivity index (χ3v) is 3.86. The van der Waals surface area contributed by atoms with E-state index in [-0.39, 0.29) is 17.1 Å². The van der Waals surface area contributed by atoms with Crippen molar-refractivity contribution >= 4 is 5.91 Å². The predicted octanol–water partition coefficient (Wildman–Crippen LogP) is 3.23. The molecule has 0 aliphatic heterocycles. The molecule has 0 spiro atoms. The highest BCUT2D eigenvalue weighted by Gasteiger charge is 2.24. The monoisotopic (exact) mass is 294 g/mol. The highest BCUT2D eigenvalue weighted by Crippen LogP contribution is 2.31. The molecule has 0 saturated carbocycles. The second-order valence-corrected chi connectivity index (χ2v) is 6.58. The maximum absolute atomic E-state index is 12.8. The fraction of sp³-hybridized carbons (Fsp3) is 0.588. The van der Waals surface area contributed by atoms with Crippen molar-refractivity contribution in [1.29, 1.82) is 0 Å². The molecule has 1 aromatic rings. The van der Waals surface area contributed by atoms with Gasteiger partial charge in [0.25, 0.3) is 0 Å². The number of nitrogens with two attached hydrogens (primary N) is 1. The largest absolute Gasteiger partial charge is 0.352 e. The molecule has 0 aromatic heterocycles. The first-order valence-corrected chi connectivity index (χ1v) is 7.54. The SMILES string of the molecule is CC(C)(C)C(CCN)CCC(=O)NCc1ccc(F)cc1. The van der Waals surface area contributed by atoms with Gasteiger partial charge in [-0.1, -0.05) is 32.9 Å². The van der Waals surface area contributed by atoms with E-state index in [4.69, 9.17) is 5.73 Å². The van der Waals surface area contributed by atoms with Gasteiger partial charge in [0.05, 0.1) is 0 Å². The molecule has 4 heteroatoms. The lowest BCUT2D eigenvalue weighted by Gasteiger charge is -2.30. The number of amides is 1. The predicted molar refractivity (Wildman–Crippen MR) is 84.1 cm³/mol. The molecule has 0 radical (unpaired) electrons. The standard InChI is InChI=1S/C17H27FN2O/c1-17(2,3)14(10-11-19)6-9-16(21)20-12-13-4-7-15(18)8-5-13/h4-5,7-8,14H,6,9-12,19H2,1-3H3,(H,20,21). The molecule has 3 nitrogen and oxygen atoms in total. The van der Waals surface area contributed by atoms with Crippen molar-refractivity contribution in [2.45, 2.75) is 46.6 Å². The number of hydrogen-bond acceptors (Lipinski definition) is 2. The van der Waals surface area contributed by atoms with Gasteiger partial charge in [-0.3, -0.25) is 4.79 Å². The number of rotatable bonds is 7. The zero-order valence-electron chi connectivity index (χ0n) is 13.3. The molecule has 1 rings (SSSR count). The Hall–Kier alpha value is -1.42. The van der Waals surface area contributed by atoms with Crippen molar-refractivity contribution in [1.82, 2.24) is 5.32 Å². The van der Waals surface area contributed by atoms with Crippen molar-refractivity contribution in [3.8, 4) is 0 Å². The van der Waals surface area contributed by atoms with Crippen molar-refractivity contribution in [3.63, 3.8) is 0 Å². The van der Waals surface area contributed by atoms with Gasteiger partial charge in [0, 0.05) is 13.0 Å². The summed E-state index contributed by atoms with van der Waals surface area (Å²) in [6.45, 7) is 7.65. The van der Waals surface area contributed by atoms with Crippen LogP contribution in [0.1, 0.15) is 45.6 Å². The Labute approximate surface area is 127 Å². The zero-order chi connectivity index (χ0) is 15.9. The number of carbonyl (C=O) groups excluding carboxylic acids is 1. The summed E-state index contributed by atoms with van der Waals surface area (Å²) in [5.41, 5.74) is 6.71. The van der Waals surface area contributed by atoms with E-state index < -0.39 is 0 Å². The Kier molecular flexibility index (Phi) is 6.82. The summed E-state index contributed by atoms with van der Waals surface area (Å²) in [6.07, 6.45) is 2.29. The van der Waals surface area contributed by atoms with Gasteiger partial charge in [-0.25, -0.2) is 4.39 Å². The van der Waals surface area contributed by atoms with Crippen molar-refractivity contribution in [2.24, 2.45) is 17.1 Å². The average Bonchev–Trinajstić information content (AvgIpc) is 2.41. The number of benzene rings is 1. The van der Waals surface area contributed by atoms with Gasteiger partial charge >= 0.3 is 0 Å². The fourth-order valence-electron chi connectivity index (χ4n) is 2.41. The van der Waals surface area contributed by atoms with E-state index in [0.29, 0.717) is 25.4 Å². The van der Waals surface area contributed by atoms with Gasteiger partial charge in [-0.2, -0.15) is 0 Å². The minimum atomic E-state index is -0.264. The molecule has 1 unspecified atom stereocenters. The van der Waals surface area contributed by atoms with Crippen LogP contribution in [0.3, 0.4) is 0 Å². The number of halogens is 1. The van der Waals surface area contributed by atoms with Crippen LogP contribution in [0.2, 0.25) is 0 Å². The normalized spacial score (nSPS) is 13.0. The smallest absolute Gasteiger partial charge is 0.220 e. The summed E-state index contributed by atoms with van der Waals surface area (Å²) in [6, 6.07) is 6.17. The lowest BCUT2D eigenvalue weighted by atomic mass is 9.76. The molecule has 0 aliphatic rings. The first-order chi connectivity index (χ1) is 9.82. The van der Waals surface area contributed by atoms with Crippen molar-refractivity contribution in [2.75, 3.05) is 6.54 Å². The second kappa shape index (κ2) is 8.13. The van der Waals surface area contributed by atoms with E-state index in [1.54, 1.807) is 12.1 Å². The summed E-state index contributed by atoms with van der Waals surface area (Å²) < 4.78 is 12.8. The van der Waals surface area contributed by atoms with E-state index in [1.807, 2.05) is 0 Å². The molecule has 1 atom stereocenters. The molecule has 0 fully saturated rings. The minimum absolute atomic E-state index is 0.0330. The molecule has 0 saturated heterocycles. The van der Waals surface area contributed by atoms with Crippen LogP contribution in [-0.4, -0.2) is 12.5 Å². The number of nitrogens with one attached hydrogen (secondary N) is 1. The Balaban J connectivity index is 2.37. The molecule has 0 aliphatic carbocycles. The van der Waals surface area contributed by atoms with Crippen LogP contribution < -0.4 is 11.1 Å². The van der Waals surface area contributed by atoms with E-state index >= 15 is 0 Å². The van der Waals surface area contributed by atoms with Gasteiger partial charge < -0.3 is 11.1 Å². The number of hydrogen-bond donors (Lipinski definition) is 2. The summed E-state index contributed by atoms with van der Waals surface area (Å²) in [4.78, 5) is 11.9. The van der Waals surface area contributed by atoms with E-state index in [0.717, 1.165) is 18.4 Å². The van der Waals surface area contributed by atoms with Gasteiger partial charge in [-0.05, 0) is 48.4 Å². The second-order valence-electron chi connectivity index (χ2n) is 6.58. The van der Waals surface area contributed by atoms with Gasteiger partial charge in [0.15, 0.2) is 0 Å². The van der Waals surface area contributed by atoms with E-state index in [1.165, 1.54) is 12.1 Å². The molecule has 3 N–H and O–H groups in total. The highest BCUT2D eigenvalue weighted by molar-refractivity contribution is 5.75. The highest BCUT2D eigenvalue weighted by atomic mass is 19.1. The van der Waals surface area contributed by atoms with Crippen molar-refractivity contribution < 1.29 is 9.18 Å². The molecular weight excluding hydrogens is 267 g/mol. The molecular formula is C17H27FN2O. The maximum Gasteiger partial charge on any atom is 0.220 e. The summed E-state index contributed by atoms with van der Waals surface area (Å²) in [5, 5.41) is 2.87. The number of carbonyl (C=O) groups is 1. The lowest BCUT2D eigenvalue weighted by molar-refractivity contribution is -0.121. The van der Waals surface area contributed by atoms with Crippen LogP contribution in [0.25, 0.3) is 0 Å². The van der Waals surface area contributed by atoms with Crippen LogP contribution >= 0.6 is 0 Å². The first-order valence-electron chi connectivity index (χ1n) is 7.54. The first kappa shape index (κ1) is 17.6.